The van der Waals surface area contributed by atoms with Crippen molar-refractivity contribution >= 4 is 5.97 Å². The zero-order valence-corrected chi connectivity index (χ0v) is 8.04. The fourth-order valence-electron chi connectivity index (χ4n) is 0.864. The third-order valence-corrected chi connectivity index (χ3v) is 1.98. The van der Waals surface area contributed by atoms with Crippen LogP contribution in [0.5, 0.6) is 0 Å². The highest BCUT2D eigenvalue weighted by Crippen LogP contribution is 2.10. The van der Waals surface area contributed by atoms with E-state index in [1.165, 1.54) is 0 Å². The monoisotopic (exact) mass is 174 g/mol. The summed E-state index contributed by atoms with van der Waals surface area (Å²) in [6.07, 6.45) is 0.428. The van der Waals surface area contributed by atoms with Crippen molar-refractivity contribution in [2.75, 3.05) is 6.61 Å². The Bertz CT molecular complexity index is 134. The van der Waals surface area contributed by atoms with Crippen LogP contribution in [0.3, 0.4) is 0 Å². The normalized spacial score (nSPS) is 15.3. The highest BCUT2D eigenvalue weighted by atomic mass is 16.5. The molecule has 0 saturated carbocycles. The van der Waals surface area contributed by atoms with Gasteiger partial charge in [0.25, 0.3) is 0 Å². The Morgan fingerprint density at radius 1 is 1.50 bits per heavy atom. The average molecular weight is 174 g/mol. The van der Waals surface area contributed by atoms with Crippen LogP contribution in [0.2, 0.25) is 0 Å². The van der Waals surface area contributed by atoms with E-state index in [-0.39, 0.29) is 18.3 Å². The predicted octanol–water partition coefficient (Wildman–Crippen LogP) is 1.35. The van der Waals surface area contributed by atoms with Gasteiger partial charge in [-0.1, -0.05) is 20.3 Å². The summed E-state index contributed by atoms with van der Waals surface area (Å²) in [5, 5.41) is 9.41. The summed E-state index contributed by atoms with van der Waals surface area (Å²) in [6.45, 7) is 6.04. The highest BCUT2D eigenvalue weighted by molar-refractivity contribution is 5.69. The van der Waals surface area contributed by atoms with Gasteiger partial charge >= 0.3 is 5.97 Å². The molecule has 2 atom stereocenters. The number of hydrogen-bond acceptors (Lipinski definition) is 3. The van der Waals surface area contributed by atoms with E-state index in [2.05, 4.69) is 0 Å². The van der Waals surface area contributed by atoms with Crippen molar-refractivity contribution in [1.29, 1.82) is 0 Å². The van der Waals surface area contributed by atoms with Gasteiger partial charge in [0.2, 0.25) is 0 Å². The summed E-state index contributed by atoms with van der Waals surface area (Å²) in [5.74, 6) is -0.153. The molecule has 0 aromatic heterocycles. The lowest BCUT2D eigenvalue weighted by atomic mass is 10.00. The van der Waals surface area contributed by atoms with E-state index in [9.17, 15) is 9.90 Å². The van der Waals surface area contributed by atoms with Gasteiger partial charge in [0.1, 0.15) is 0 Å². The van der Waals surface area contributed by atoms with Crippen LogP contribution in [-0.2, 0) is 9.53 Å². The molecular formula is C9H18O3. The maximum absolute atomic E-state index is 10.9. The number of esters is 1. The Kier molecular flexibility index (Phi) is 5.72. The minimum atomic E-state index is -0.561. The molecule has 0 bridgehead atoms. The quantitative estimate of drug-likeness (QED) is 0.640. The summed E-state index contributed by atoms with van der Waals surface area (Å²) in [5.41, 5.74) is 0. The lowest BCUT2D eigenvalue weighted by Crippen LogP contribution is -2.22. The predicted molar refractivity (Wildman–Crippen MR) is 46.7 cm³/mol. The Hall–Kier alpha value is -0.570. The van der Waals surface area contributed by atoms with Crippen LogP contribution in [0.25, 0.3) is 0 Å². The van der Waals surface area contributed by atoms with Gasteiger partial charge < -0.3 is 9.84 Å². The topological polar surface area (TPSA) is 46.5 Å². The molecule has 3 nitrogen and oxygen atoms in total. The average Bonchev–Trinajstić information content (AvgIpc) is 2.03. The number of aliphatic hydroxyl groups excluding tert-OH is 1. The van der Waals surface area contributed by atoms with Crippen molar-refractivity contribution in [3.8, 4) is 0 Å². The molecule has 3 heteroatoms. The number of rotatable bonds is 5. The van der Waals surface area contributed by atoms with Gasteiger partial charge in [0, 0.05) is 0 Å². The van der Waals surface area contributed by atoms with Gasteiger partial charge in [-0.05, 0) is 12.8 Å². The molecule has 72 valence electrons. The molecule has 0 radical (unpaired) electrons. The first-order chi connectivity index (χ1) is 5.61. The largest absolute Gasteiger partial charge is 0.466 e. The fraction of sp³-hybridized carbons (Fsp3) is 0.889. The van der Waals surface area contributed by atoms with Gasteiger partial charge in [-0.25, -0.2) is 0 Å². The van der Waals surface area contributed by atoms with Crippen molar-refractivity contribution in [3.63, 3.8) is 0 Å². The lowest BCUT2D eigenvalue weighted by Gasteiger charge is -2.15. The van der Waals surface area contributed by atoms with Crippen LogP contribution in [0, 0.1) is 5.92 Å². The highest BCUT2D eigenvalue weighted by Gasteiger charge is 2.16. The Morgan fingerprint density at radius 2 is 2.08 bits per heavy atom. The number of carbonyl (C=O) groups excluding carboxylic acids is 1. The first-order valence-corrected chi connectivity index (χ1v) is 4.45. The first-order valence-electron chi connectivity index (χ1n) is 4.45. The number of ether oxygens (including phenoxy) is 1. The van der Waals surface area contributed by atoms with Crippen LogP contribution < -0.4 is 0 Å². The zero-order valence-electron chi connectivity index (χ0n) is 8.04. The SMILES string of the molecule is CCOC(=O)CC(O)C(C)CC. The molecule has 0 saturated heterocycles. The molecule has 0 fully saturated rings. The van der Waals surface area contributed by atoms with E-state index in [1.54, 1.807) is 6.92 Å². The van der Waals surface area contributed by atoms with E-state index < -0.39 is 6.10 Å². The molecule has 0 rings (SSSR count). The smallest absolute Gasteiger partial charge is 0.308 e. The molecule has 0 aliphatic heterocycles. The molecule has 0 aliphatic carbocycles. The van der Waals surface area contributed by atoms with Crippen molar-refractivity contribution in [2.45, 2.75) is 39.7 Å². The van der Waals surface area contributed by atoms with Crippen LogP contribution in [0.4, 0.5) is 0 Å². The molecule has 0 aromatic rings. The molecule has 12 heavy (non-hydrogen) atoms. The second-order valence-electron chi connectivity index (χ2n) is 2.96. The van der Waals surface area contributed by atoms with Crippen LogP contribution in [-0.4, -0.2) is 23.8 Å². The van der Waals surface area contributed by atoms with Crippen molar-refractivity contribution in [2.24, 2.45) is 5.92 Å². The minimum Gasteiger partial charge on any atom is -0.466 e. The molecule has 0 aromatic carbocycles. The van der Waals surface area contributed by atoms with E-state index in [4.69, 9.17) is 4.74 Å². The summed E-state index contributed by atoms with van der Waals surface area (Å²) in [4.78, 5) is 10.9. The third-order valence-electron chi connectivity index (χ3n) is 1.98. The van der Waals surface area contributed by atoms with Crippen LogP contribution in [0.15, 0.2) is 0 Å². The van der Waals surface area contributed by atoms with Gasteiger partial charge in [0.15, 0.2) is 0 Å². The molecule has 0 spiro atoms. The minimum absolute atomic E-state index is 0.114. The number of carbonyl (C=O) groups is 1. The van der Waals surface area contributed by atoms with E-state index in [1.807, 2.05) is 13.8 Å². The molecule has 2 unspecified atom stereocenters. The fourth-order valence-corrected chi connectivity index (χ4v) is 0.864. The third kappa shape index (κ3) is 4.34. The summed E-state index contributed by atoms with van der Waals surface area (Å²) < 4.78 is 4.71. The number of aliphatic hydroxyl groups is 1. The second-order valence-corrected chi connectivity index (χ2v) is 2.96. The molecule has 0 amide bonds. The van der Waals surface area contributed by atoms with Gasteiger partial charge in [-0.3, -0.25) is 4.79 Å². The second kappa shape index (κ2) is 6.00. The summed E-state index contributed by atoms with van der Waals surface area (Å²) in [7, 11) is 0. The summed E-state index contributed by atoms with van der Waals surface area (Å²) in [6, 6.07) is 0. The van der Waals surface area contributed by atoms with E-state index >= 15 is 0 Å². The first kappa shape index (κ1) is 11.4. The van der Waals surface area contributed by atoms with Crippen LogP contribution >= 0.6 is 0 Å². The molecular weight excluding hydrogens is 156 g/mol. The van der Waals surface area contributed by atoms with Crippen LogP contribution in [0.1, 0.15) is 33.6 Å². The van der Waals surface area contributed by atoms with Crippen molar-refractivity contribution in [1.82, 2.24) is 0 Å². The lowest BCUT2D eigenvalue weighted by molar-refractivity contribution is -0.146. The molecule has 1 N–H and O–H groups in total. The van der Waals surface area contributed by atoms with Gasteiger partial charge in [-0.2, -0.15) is 0 Å². The van der Waals surface area contributed by atoms with Crippen molar-refractivity contribution in [3.05, 3.63) is 0 Å². The maximum atomic E-state index is 10.9. The Labute approximate surface area is 73.7 Å². The van der Waals surface area contributed by atoms with E-state index in [0.717, 1.165) is 6.42 Å². The molecule has 0 heterocycles. The van der Waals surface area contributed by atoms with Gasteiger partial charge in [0.05, 0.1) is 19.1 Å². The van der Waals surface area contributed by atoms with Gasteiger partial charge in [-0.15, -0.1) is 0 Å². The van der Waals surface area contributed by atoms with E-state index in [0.29, 0.717) is 6.61 Å². The molecule has 0 aliphatic rings. The van der Waals surface area contributed by atoms with Crippen molar-refractivity contribution < 1.29 is 14.6 Å². The zero-order chi connectivity index (χ0) is 9.56. The Morgan fingerprint density at radius 3 is 2.50 bits per heavy atom. The summed E-state index contributed by atoms with van der Waals surface area (Å²) >= 11 is 0. The maximum Gasteiger partial charge on any atom is 0.308 e. The Balaban J connectivity index is 3.67. The standard InChI is InChI=1S/C9H18O3/c1-4-7(3)8(10)6-9(11)12-5-2/h7-8,10H,4-6H2,1-3H3. The number of hydrogen-bond donors (Lipinski definition) is 1.